The highest BCUT2D eigenvalue weighted by Gasteiger charge is 2.30. The summed E-state index contributed by atoms with van der Waals surface area (Å²) in [6, 6.07) is 8.06. The van der Waals surface area contributed by atoms with Gasteiger partial charge in [0, 0.05) is 50.1 Å². The van der Waals surface area contributed by atoms with Gasteiger partial charge in [-0.25, -0.2) is 18.7 Å². The molecule has 3 aromatic rings. The van der Waals surface area contributed by atoms with E-state index in [-0.39, 0.29) is 24.2 Å². The Morgan fingerprint density at radius 1 is 1.06 bits per heavy atom. The normalized spacial score (nSPS) is 16.8. The lowest BCUT2D eigenvalue weighted by molar-refractivity contribution is 0.304. The molecule has 0 unspecified atom stereocenters. The third-order valence-corrected chi connectivity index (χ3v) is 6.98. The van der Waals surface area contributed by atoms with E-state index in [0.717, 1.165) is 61.4 Å². The van der Waals surface area contributed by atoms with E-state index in [4.69, 9.17) is 14.7 Å². The van der Waals surface area contributed by atoms with E-state index in [1.165, 1.54) is 18.2 Å². The zero-order chi connectivity index (χ0) is 23.8. The van der Waals surface area contributed by atoms with Crippen LogP contribution in [-0.4, -0.2) is 55.5 Å². The van der Waals surface area contributed by atoms with Crippen molar-refractivity contribution in [2.75, 3.05) is 50.2 Å². The largest absolute Gasteiger partial charge is 0.496 e. The SMILES string of the molecule is COc1cc(F)ccc1C1CCN(c2nc(C3CC3)nc3cc(F)c(N(C)CCO)cc23)CC1. The van der Waals surface area contributed by atoms with Crippen LogP contribution < -0.4 is 14.5 Å². The lowest BCUT2D eigenvalue weighted by Gasteiger charge is -2.34. The number of nitrogens with zero attached hydrogens (tertiary/aromatic N) is 4. The molecule has 2 aliphatic rings. The summed E-state index contributed by atoms with van der Waals surface area (Å²) < 4.78 is 34.0. The van der Waals surface area contributed by atoms with Gasteiger partial charge in [-0.05, 0) is 49.3 Å². The molecule has 2 fully saturated rings. The quantitative estimate of drug-likeness (QED) is 0.547. The number of aromatic nitrogens is 2. The number of benzene rings is 2. The van der Waals surface area contributed by atoms with Crippen molar-refractivity contribution >= 4 is 22.4 Å². The number of aliphatic hydroxyl groups is 1. The van der Waals surface area contributed by atoms with E-state index in [1.54, 1.807) is 25.1 Å². The number of hydrogen-bond acceptors (Lipinski definition) is 6. The number of aliphatic hydroxyl groups excluding tert-OH is 1. The molecule has 1 aliphatic carbocycles. The minimum Gasteiger partial charge on any atom is -0.496 e. The van der Waals surface area contributed by atoms with Crippen molar-refractivity contribution in [2.45, 2.75) is 37.5 Å². The molecule has 1 aromatic heterocycles. The van der Waals surface area contributed by atoms with Crippen LogP contribution in [0.15, 0.2) is 30.3 Å². The van der Waals surface area contributed by atoms with Crippen LogP contribution in [0.1, 0.15) is 48.9 Å². The standard InChI is InChI=1S/C26H30F2N4O2/c1-31(11-12-33)23-14-20-22(15-21(23)28)29-25(17-3-4-17)30-26(20)32-9-7-16(8-10-32)19-6-5-18(27)13-24(19)34-2/h5-6,13-17,33H,3-4,7-12H2,1-2H3. The fraction of sp³-hybridized carbons (Fsp3) is 0.462. The molecule has 2 aromatic carbocycles. The number of methoxy groups -OCH3 is 1. The van der Waals surface area contributed by atoms with Gasteiger partial charge in [0.1, 0.15) is 29.0 Å². The number of rotatable bonds is 7. The first-order valence-corrected chi connectivity index (χ1v) is 11.9. The average Bonchev–Trinajstić information content (AvgIpc) is 3.69. The summed E-state index contributed by atoms with van der Waals surface area (Å²) in [7, 11) is 3.34. The maximum absolute atomic E-state index is 14.9. The molecule has 34 heavy (non-hydrogen) atoms. The van der Waals surface area contributed by atoms with Gasteiger partial charge in [-0.1, -0.05) is 6.07 Å². The van der Waals surface area contributed by atoms with E-state index in [2.05, 4.69) is 4.90 Å². The Bertz CT molecular complexity index is 1190. The number of ether oxygens (including phenoxy) is 1. The predicted octanol–water partition coefficient (Wildman–Crippen LogP) is 4.61. The minimum atomic E-state index is -0.350. The van der Waals surface area contributed by atoms with Crippen molar-refractivity contribution < 1.29 is 18.6 Å². The molecule has 0 radical (unpaired) electrons. The van der Waals surface area contributed by atoms with Crippen LogP contribution in [-0.2, 0) is 0 Å². The molecular weight excluding hydrogens is 438 g/mol. The molecule has 1 N–H and O–H groups in total. The topological polar surface area (TPSA) is 61.7 Å². The van der Waals surface area contributed by atoms with E-state index in [0.29, 0.717) is 29.4 Å². The van der Waals surface area contributed by atoms with Gasteiger partial charge in [-0.3, -0.25) is 0 Å². The highest BCUT2D eigenvalue weighted by Crippen LogP contribution is 2.42. The molecule has 1 saturated heterocycles. The first-order chi connectivity index (χ1) is 16.5. The molecule has 2 heterocycles. The fourth-order valence-electron chi connectivity index (χ4n) is 4.89. The maximum atomic E-state index is 14.9. The molecule has 0 bridgehead atoms. The number of halogens is 2. The molecule has 8 heteroatoms. The summed E-state index contributed by atoms with van der Waals surface area (Å²) in [5, 5.41) is 10.1. The van der Waals surface area contributed by atoms with Crippen LogP contribution in [0.4, 0.5) is 20.3 Å². The molecule has 5 rings (SSSR count). The molecule has 0 spiro atoms. The number of anilines is 2. The molecule has 6 nitrogen and oxygen atoms in total. The van der Waals surface area contributed by atoms with Gasteiger partial charge >= 0.3 is 0 Å². The molecule has 1 aliphatic heterocycles. The van der Waals surface area contributed by atoms with Gasteiger partial charge in [0.25, 0.3) is 0 Å². The van der Waals surface area contributed by atoms with Crippen LogP contribution in [0.25, 0.3) is 10.9 Å². The van der Waals surface area contributed by atoms with Crippen molar-refractivity contribution in [1.82, 2.24) is 9.97 Å². The molecule has 180 valence electrons. The summed E-state index contributed by atoms with van der Waals surface area (Å²) in [5.41, 5.74) is 2.08. The van der Waals surface area contributed by atoms with Gasteiger partial charge in [0.2, 0.25) is 0 Å². The Hall–Kier alpha value is -3.00. The Kier molecular flexibility index (Phi) is 6.25. The predicted molar refractivity (Wildman–Crippen MR) is 129 cm³/mol. The fourth-order valence-corrected chi connectivity index (χ4v) is 4.89. The third kappa shape index (κ3) is 4.39. The average molecular weight is 469 g/mol. The van der Waals surface area contributed by atoms with Crippen LogP contribution in [0.3, 0.4) is 0 Å². The van der Waals surface area contributed by atoms with Gasteiger partial charge in [-0.2, -0.15) is 0 Å². The van der Waals surface area contributed by atoms with Gasteiger partial charge < -0.3 is 19.6 Å². The summed E-state index contributed by atoms with van der Waals surface area (Å²) >= 11 is 0. The zero-order valence-electron chi connectivity index (χ0n) is 19.6. The first kappa shape index (κ1) is 22.8. The van der Waals surface area contributed by atoms with Crippen LogP contribution in [0.2, 0.25) is 0 Å². The Labute approximate surface area is 198 Å². The summed E-state index contributed by atoms with van der Waals surface area (Å²) in [4.78, 5) is 13.6. The minimum absolute atomic E-state index is 0.0572. The van der Waals surface area contributed by atoms with Crippen LogP contribution in [0.5, 0.6) is 5.75 Å². The highest BCUT2D eigenvalue weighted by molar-refractivity contribution is 5.92. The summed E-state index contributed by atoms with van der Waals surface area (Å²) in [6.45, 7) is 1.84. The van der Waals surface area contributed by atoms with Crippen molar-refractivity contribution in [3.8, 4) is 5.75 Å². The maximum Gasteiger partial charge on any atom is 0.148 e. The van der Waals surface area contributed by atoms with Crippen molar-refractivity contribution in [1.29, 1.82) is 0 Å². The van der Waals surface area contributed by atoms with Crippen LogP contribution >= 0.6 is 0 Å². The van der Waals surface area contributed by atoms with Gasteiger partial charge in [0.15, 0.2) is 0 Å². The monoisotopic (exact) mass is 468 g/mol. The van der Waals surface area contributed by atoms with Crippen molar-refractivity contribution in [3.05, 3.63) is 53.4 Å². The van der Waals surface area contributed by atoms with Crippen molar-refractivity contribution in [2.24, 2.45) is 0 Å². The summed E-state index contributed by atoms with van der Waals surface area (Å²) in [5.74, 6) is 2.20. The third-order valence-electron chi connectivity index (χ3n) is 6.98. The Morgan fingerprint density at radius 2 is 1.82 bits per heavy atom. The Balaban J connectivity index is 1.47. The van der Waals surface area contributed by atoms with Gasteiger partial charge in [-0.15, -0.1) is 0 Å². The molecule has 1 saturated carbocycles. The summed E-state index contributed by atoms with van der Waals surface area (Å²) in [6.07, 6.45) is 3.89. The number of hydrogen-bond donors (Lipinski definition) is 1. The number of fused-ring (bicyclic) bond motifs is 1. The Morgan fingerprint density at radius 3 is 2.50 bits per heavy atom. The second kappa shape index (κ2) is 9.33. The van der Waals surface area contributed by atoms with E-state index >= 15 is 0 Å². The number of piperidine rings is 1. The molecular formula is C26H30F2N4O2. The smallest absolute Gasteiger partial charge is 0.148 e. The second-order valence-corrected chi connectivity index (χ2v) is 9.29. The molecule has 0 atom stereocenters. The van der Waals surface area contributed by atoms with E-state index in [9.17, 15) is 13.9 Å². The molecule has 0 amide bonds. The lowest BCUT2D eigenvalue weighted by Crippen LogP contribution is -2.34. The zero-order valence-corrected chi connectivity index (χ0v) is 19.6. The van der Waals surface area contributed by atoms with E-state index in [1.807, 2.05) is 6.07 Å². The van der Waals surface area contributed by atoms with Crippen LogP contribution in [0, 0.1) is 11.6 Å². The van der Waals surface area contributed by atoms with E-state index < -0.39 is 0 Å². The highest BCUT2D eigenvalue weighted by atomic mass is 19.1. The number of likely N-dealkylation sites (N-methyl/N-ethyl adjacent to an activating group) is 1. The van der Waals surface area contributed by atoms with Crippen molar-refractivity contribution in [3.63, 3.8) is 0 Å². The first-order valence-electron chi connectivity index (χ1n) is 11.9. The van der Waals surface area contributed by atoms with Gasteiger partial charge in [0.05, 0.1) is 24.9 Å². The second-order valence-electron chi connectivity index (χ2n) is 9.29. The lowest BCUT2D eigenvalue weighted by atomic mass is 9.88.